The van der Waals surface area contributed by atoms with Crippen LogP contribution in [0.5, 0.6) is 0 Å². The minimum absolute atomic E-state index is 0.411. The van der Waals surface area contributed by atoms with Gasteiger partial charge in [-0.05, 0) is 38.4 Å². The van der Waals surface area contributed by atoms with Crippen molar-refractivity contribution >= 4 is 0 Å². The molecule has 0 aliphatic carbocycles. The van der Waals surface area contributed by atoms with Gasteiger partial charge in [0.2, 0.25) is 0 Å². The number of benzene rings is 1. The van der Waals surface area contributed by atoms with Crippen molar-refractivity contribution in [3.63, 3.8) is 0 Å². The van der Waals surface area contributed by atoms with Gasteiger partial charge in [0.05, 0.1) is 6.20 Å². The second-order valence-electron chi connectivity index (χ2n) is 6.85. The zero-order chi connectivity index (χ0) is 17.2. The molecule has 130 valence electrons. The summed E-state index contributed by atoms with van der Waals surface area (Å²) in [6.07, 6.45) is 6.17. The largest absolute Gasteiger partial charge is 0.298 e. The quantitative estimate of drug-likeness (QED) is 0.735. The first-order valence-corrected chi connectivity index (χ1v) is 8.87. The van der Waals surface area contributed by atoms with Crippen LogP contribution in [-0.4, -0.2) is 42.5 Å². The summed E-state index contributed by atoms with van der Waals surface area (Å²) in [6, 6.07) is 10.3. The van der Waals surface area contributed by atoms with E-state index in [1.54, 1.807) is 0 Å². The van der Waals surface area contributed by atoms with Gasteiger partial charge in [0.1, 0.15) is 12.2 Å². The molecule has 1 fully saturated rings. The average Bonchev–Trinajstić information content (AvgIpc) is 3.25. The third-order valence-electron chi connectivity index (χ3n) is 5.21. The molecule has 1 aliphatic heterocycles. The number of hydrogen-bond donors (Lipinski definition) is 0. The number of nitrogens with zero attached hydrogens (tertiary/aromatic N) is 6. The van der Waals surface area contributed by atoms with Crippen molar-refractivity contribution in [1.82, 2.24) is 29.4 Å². The van der Waals surface area contributed by atoms with Crippen molar-refractivity contribution < 1.29 is 0 Å². The number of para-hydroxylation sites is 1. The predicted molar refractivity (Wildman–Crippen MR) is 96.6 cm³/mol. The van der Waals surface area contributed by atoms with Crippen molar-refractivity contribution in [1.29, 1.82) is 0 Å². The Morgan fingerprint density at radius 3 is 2.80 bits per heavy atom. The molecule has 3 heterocycles. The number of hydrogen-bond acceptors (Lipinski definition) is 4. The predicted octanol–water partition coefficient (Wildman–Crippen LogP) is 2.69. The molecule has 0 radical (unpaired) electrons. The van der Waals surface area contributed by atoms with Crippen LogP contribution >= 0.6 is 0 Å². The Balaban J connectivity index is 1.52. The molecule has 3 aromatic rings. The molecule has 1 aromatic carbocycles. The van der Waals surface area contributed by atoms with Crippen LogP contribution in [0.4, 0.5) is 0 Å². The Labute approximate surface area is 148 Å². The van der Waals surface area contributed by atoms with E-state index in [4.69, 9.17) is 0 Å². The summed E-state index contributed by atoms with van der Waals surface area (Å²) in [6.45, 7) is 5.23. The normalized spacial score (nSPS) is 18.6. The van der Waals surface area contributed by atoms with Gasteiger partial charge in [0.25, 0.3) is 0 Å². The van der Waals surface area contributed by atoms with Crippen LogP contribution in [0, 0.1) is 6.92 Å². The topological polar surface area (TPSA) is 51.8 Å². The van der Waals surface area contributed by atoms with Crippen LogP contribution in [0.3, 0.4) is 0 Å². The first-order chi connectivity index (χ1) is 12.2. The van der Waals surface area contributed by atoms with Crippen molar-refractivity contribution in [3.8, 4) is 5.69 Å². The van der Waals surface area contributed by atoms with E-state index in [-0.39, 0.29) is 0 Å². The SMILES string of the molecule is Cc1c(CN2CCCC(c3nncn3-c3ccccc3)C2)cnn1C. The summed E-state index contributed by atoms with van der Waals surface area (Å²) in [5, 5.41) is 13.0. The number of likely N-dealkylation sites (tertiary alicyclic amines) is 1. The molecule has 1 atom stereocenters. The fourth-order valence-electron chi connectivity index (χ4n) is 3.66. The maximum Gasteiger partial charge on any atom is 0.141 e. The first-order valence-electron chi connectivity index (χ1n) is 8.87. The summed E-state index contributed by atoms with van der Waals surface area (Å²) in [5.41, 5.74) is 3.69. The Hall–Kier alpha value is -2.47. The maximum absolute atomic E-state index is 4.45. The molecule has 6 heteroatoms. The molecule has 2 aromatic heterocycles. The Morgan fingerprint density at radius 2 is 2.04 bits per heavy atom. The Kier molecular flexibility index (Phi) is 4.36. The van der Waals surface area contributed by atoms with Crippen molar-refractivity contribution in [2.75, 3.05) is 13.1 Å². The molecular weight excluding hydrogens is 312 g/mol. The lowest BCUT2D eigenvalue weighted by Gasteiger charge is -2.32. The fraction of sp³-hybridized carbons (Fsp3) is 0.421. The van der Waals surface area contributed by atoms with Crippen LogP contribution in [0.25, 0.3) is 5.69 Å². The molecule has 0 bridgehead atoms. The van der Waals surface area contributed by atoms with Gasteiger partial charge in [-0.1, -0.05) is 18.2 Å². The highest BCUT2D eigenvalue weighted by Gasteiger charge is 2.26. The molecule has 6 nitrogen and oxygen atoms in total. The molecule has 1 aliphatic rings. The van der Waals surface area contributed by atoms with Gasteiger partial charge >= 0.3 is 0 Å². The highest BCUT2D eigenvalue weighted by atomic mass is 15.3. The van der Waals surface area contributed by atoms with Gasteiger partial charge in [-0.2, -0.15) is 5.10 Å². The molecule has 0 spiro atoms. The smallest absolute Gasteiger partial charge is 0.141 e. The molecule has 25 heavy (non-hydrogen) atoms. The first kappa shape index (κ1) is 16.0. The van der Waals surface area contributed by atoms with E-state index in [0.29, 0.717) is 5.92 Å². The van der Waals surface area contributed by atoms with Crippen LogP contribution < -0.4 is 0 Å². The van der Waals surface area contributed by atoms with Crippen molar-refractivity contribution in [3.05, 3.63) is 59.9 Å². The molecular formula is C19H24N6. The van der Waals surface area contributed by atoms with E-state index in [9.17, 15) is 0 Å². The standard InChI is InChI=1S/C19H24N6/c1-15-17(11-21-23(15)2)13-24-10-6-7-16(12-24)19-22-20-14-25(19)18-8-4-3-5-9-18/h3-5,8-9,11,14,16H,6-7,10,12-13H2,1-2H3. The molecule has 0 N–H and O–H groups in total. The van der Waals surface area contributed by atoms with Gasteiger partial charge in [-0.25, -0.2) is 0 Å². The molecule has 0 amide bonds. The lowest BCUT2D eigenvalue weighted by molar-refractivity contribution is 0.195. The molecule has 1 saturated heterocycles. The third-order valence-corrected chi connectivity index (χ3v) is 5.21. The summed E-state index contributed by atoms with van der Waals surface area (Å²) in [5.74, 6) is 1.48. The zero-order valence-corrected chi connectivity index (χ0v) is 14.8. The Bertz CT molecular complexity index is 835. The highest BCUT2D eigenvalue weighted by Crippen LogP contribution is 2.28. The van der Waals surface area contributed by atoms with E-state index >= 15 is 0 Å². The van der Waals surface area contributed by atoms with Gasteiger partial charge in [0.15, 0.2) is 0 Å². The van der Waals surface area contributed by atoms with Gasteiger partial charge < -0.3 is 0 Å². The fourth-order valence-corrected chi connectivity index (χ4v) is 3.66. The van der Waals surface area contributed by atoms with Gasteiger partial charge in [0, 0.05) is 43.0 Å². The molecule has 0 saturated carbocycles. The van der Waals surface area contributed by atoms with E-state index in [2.05, 4.69) is 56.0 Å². The number of rotatable bonds is 4. The van der Waals surface area contributed by atoms with Crippen LogP contribution in [0.1, 0.15) is 35.8 Å². The molecule has 4 rings (SSSR count). The number of piperidine rings is 1. The van der Waals surface area contributed by atoms with Crippen molar-refractivity contribution in [2.24, 2.45) is 7.05 Å². The number of aromatic nitrogens is 5. The summed E-state index contributed by atoms with van der Waals surface area (Å²) < 4.78 is 4.08. The van der Waals surface area contributed by atoms with Crippen LogP contribution in [-0.2, 0) is 13.6 Å². The monoisotopic (exact) mass is 336 g/mol. The minimum Gasteiger partial charge on any atom is -0.298 e. The van der Waals surface area contributed by atoms with E-state index < -0.39 is 0 Å². The zero-order valence-electron chi connectivity index (χ0n) is 14.8. The molecule has 1 unspecified atom stereocenters. The lowest BCUT2D eigenvalue weighted by atomic mass is 9.96. The summed E-state index contributed by atoms with van der Waals surface area (Å²) in [7, 11) is 2.00. The minimum atomic E-state index is 0.411. The van der Waals surface area contributed by atoms with Gasteiger partial charge in [-0.3, -0.25) is 14.1 Å². The summed E-state index contributed by atoms with van der Waals surface area (Å²) in [4.78, 5) is 2.52. The van der Waals surface area contributed by atoms with Gasteiger partial charge in [-0.15, -0.1) is 10.2 Å². The van der Waals surface area contributed by atoms with E-state index in [1.807, 2.05) is 30.3 Å². The van der Waals surface area contributed by atoms with E-state index in [1.165, 1.54) is 17.7 Å². The Morgan fingerprint density at radius 1 is 1.20 bits per heavy atom. The van der Waals surface area contributed by atoms with E-state index in [0.717, 1.165) is 37.6 Å². The third kappa shape index (κ3) is 3.22. The van der Waals surface area contributed by atoms with Crippen molar-refractivity contribution in [2.45, 2.75) is 32.2 Å². The highest BCUT2D eigenvalue weighted by molar-refractivity contribution is 5.32. The maximum atomic E-state index is 4.45. The average molecular weight is 336 g/mol. The lowest BCUT2D eigenvalue weighted by Crippen LogP contribution is -2.35. The van der Waals surface area contributed by atoms with Crippen LogP contribution in [0.15, 0.2) is 42.9 Å². The second kappa shape index (κ2) is 6.80. The number of aryl methyl sites for hydroxylation is 1. The summed E-state index contributed by atoms with van der Waals surface area (Å²) >= 11 is 0. The van der Waals surface area contributed by atoms with Crippen LogP contribution in [0.2, 0.25) is 0 Å². The second-order valence-corrected chi connectivity index (χ2v) is 6.85.